The zero-order chi connectivity index (χ0) is 21.6. The number of sulfonamides is 1. The van der Waals surface area contributed by atoms with Crippen LogP contribution in [0.3, 0.4) is 0 Å². The first-order valence-corrected chi connectivity index (χ1v) is 11.9. The van der Waals surface area contributed by atoms with Crippen molar-refractivity contribution in [2.75, 3.05) is 46.1 Å². The molecule has 1 aromatic carbocycles. The lowest BCUT2D eigenvalue weighted by Crippen LogP contribution is -2.44. The Hall–Kier alpha value is -1.99. The predicted molar refractivity (Wildman–Crippen MR) is 111 cm³/mol. The van der Waals surface area contributed by atoms with Gasteiger partial charge in [0.1, 0.15) is 0 Å². The third-order valence-electron chi connectivity index (χ3n) is 5.64. The summed E-state index contributed by atoms with van der Waals surface area (Å²) in [4.78, 5) is 15.2. The van der Waals surface area contributed by atoms with Gasteiger partial charge in [-0.05, 0) is 37.0 Å². The first-order chi connectivity index (χ1) is 14.5. The van der Waals surface area contributed by atoms with Crippen molar-refractivity contribution in [2.24, 2.45) is 0 Å². The Bertz CT molecular complexity index is 884. The van der Waals surface area contributed by atoms with Crippen LogP contribution in [-0.4, -0.2) is 75.6 Å². The third-order valence-corrected chi connectivity index (χ3v) is 7.62. The summed E-state index contributed by atoms with van der Waals surface area (Å²) < 4.78 is 38.6. The van der Waals surface area contributed by atoms with Crippen molar-refractivity contribution in [3.63, 3.8) is 0 Å². The highest BCUT2D eigenvalue weighted by Crippen LogP contribution is 2.25. The molecule has 1 aromatic rings. The van der Waals surface area contributed by atoms with E-state index in [-0.39, 0.29) is 23.3 Å². The van der Waals surface area contributed by atoms with Crippen LogP contribution in [0.1, 0.15) is 42.1 Å². The number of rotatable bonds is 7. The summed E-state index contributed by atoms with van der Waals surface area (Å²) in [5.74, 6) is -0.238. The molecule has 2 aliphatic rings. The number of carbonyl (C=O) groups excluding carboxylic acids is 1. The average Bonchev–Trinajstić information content (AvgIpc) is 2.80. The molecule has 30 heavy (non-hydrogen) atoms. The van der Waals surface area contributed by atoms with E-state index in [1.165, 1.54) is 10.4 Å². The molecule has 164 valence electrons. The topological polar surface area (TPSA) is 99.9 Å². The number of morpholine rings is 1. The highest BCUT2D eigenvalue weighted by molar-refractivity contribution is 7.89. The number of aryl methyl sites for hydroxylation is 1. The van der Waals surface area contributed by atoms with Crippen LogP contribution >= 0.6 is 0 Å². The van der Waals surface area contributed by atoms with Gasteiger partial charge < -0.3 is 14.4 Å². The van der Waals surface area contributed by atoms with Crippen LogP contribution in [-0.2, 0) is 25.9 Å². The zero-order valence-electron chi connectivity index (χ0n) is 17.4. The lowest BCUT2D eigenvalue weighted by Gasteiger charge is -2.34. The molecule has 2 heterocycles. The third kappa shape index (κ3) is 5.01. The van der Waals surface area contributed by atoms with Gasteiger partial charge in [-0.2, -0.15) is 9.57 Å². The van der Waals surface area contributed by atoms with Gasteiger partial charge in [-0.25, -0.2) is 8.42 Å². The van der Waals surface area contributed by atoms with Gasteiger partial charge in [0.15, 0.2) is 0 Å². The Morgan fingerprint density at radius 3 is 2.50 bits per heavy atom. The summed E-state index contributed by atoms with van der Waals surface area (Å²) in [6.45, 7) is 4.71. The molecule has 3 rings (SSSR count). The van der Waals surface area contributed by atoms with Crippen molar-refractivity contribution in [3.8, 4) is 6.07 Å². The Morgan fingerprint density at radius 1 is 1.20 bits per heavy atom. The Morgan fingerprint density at radius 2 is 1.87 bits per heavy atom. The fourth-order valence-electron chi connectivity index (χ4n) is 3.93. The molecule has 0 radical (unpaired) electrons. The van der Waals surface area contributed by atoms with Crippen molar-refractivity contribution in [2.45, 2.75) is 43.5 Å². The molecule has 2 aliphatic heterocycles. The van der Waals surface area contributed by atoms with Gasteiger partial charge in [0.25, 0.3) is 5.91 Å². The second kappa shape index (κ2) is 10.4. The van der Waals surface area contributed by atoms with Gasteiger partial charge >= 0.3 is 0 Å². The van der Waals surface area contributed by atoms with Crippen molar-refractivity contribution in [1.82, 2.24) is 9.21 Å². The van der Waals surface area contributed by atoms with Gasteiger partial charge in [0.2, 0.25) is 10.0 Å². The van der Waals surface area contributed by atoms with Gasteiger partial charge in [-0.3, -0.25) is 4.79 Å². The lowest BCUT2D eigenvalue weighted by molar-refractivity contribution is 0.0296. The van der Waals surface area contributed by atoms with Crippen LogP contribution in [0.2, 0.25) is 0 Å². The standard InChI is InChI=1S/C21H29N3O5S/c1-2-17-4-5-18(16-20(17)30(26,27)23-10-14-29-15-11-23)21(25)24(9-3-8-22)19-6-12-28-13-7-19/h4-5,16,19H,2-3,6-7,9-15H2,1H3. The molecule has 0 bridgehead atoms. The van der Waals surface area contributed by atoms with E-state index < -0.39 is 10.0 Å². The minimum Gasteiger partial charge on any atom is -0.381 e. The van der Waals surface area contributed by atoms with Crippen LogP contribution in [0.4, 0.5) is 0 Å². The molecule has 2 saturated heterocycles. The van der Waals surface area contributed by atoms with Crippen LogP contribution in [0, 0.1) is 11.3 Å². The van der Waals surface area contributed by atoms with Gasteiger partial charge in [-0.15, -0.1) is 0 Å². The number of carbonyl (C=O) groups is 1. The average molecular weight is 436 g/mol. The minimum absolute atomic E-state index is 0.00949. The molecule has 0 spiro atoms. The summed E-state index contributed by atoms with van der Waals surface area (Å²) in [5, 5.41) is 9.02. The molecular weight excluding hydrogens is 406 g/mol. The summed E-state index contributed by atoms with van der Waals surface area (Å²) in [6.07, 6.45) is 2.20. The number of amides is 1. The zero-order valence-corrected chi connectivity index (χ0v) is 18.2. The van der Waals surface area contributed by atoms with E-state index in [9.17, 15) is 13.2 Å². The van der Waals surface area contributed by atoms with Crippen molar-refractivity contribution < 1.29 is 22.7 Å². The van der Waals surface area contributed by atoms with Crippen molar-refractivity contribution in [3.05, 3.63) is 29.3 Å². The normalized spacial score (nSPS) is 18.7. The van der Waals surface area contributed by atoms with Crippen LogP contribution < -0.4 is 0 Å². The number of hydrogen-bond acceptors (Lipinski definition) is 6. The Labute approximate surface area is 178 Å². The second-order valence-corrected chi connectivity index (χ2v) is 9.35. The second-order valence-electron chi connectivity index (χ2n) is 7.44. The Balaban J connectivity index is 1.93. The van der Waals surface area contributed by atoms with E-state index in [0.717, 1.165) is 0 Å². The molecule has 0 aliphatic carbocycles. The summed E-state index contributed by atoms with van der Waals surface area (Å²) >= 11 is 0. The minimum atomic E-state index is -3.72. The van der Waals surface area contributed by atoms with Gasteiger partial charge in [-0.1, -0.05) is 13.0 Å². The van der Waals surface area contributed by atoms with E-state index in [0.29, 0.717) is 76.5 Å². The van der Waals surface area contributed by atoms with Gasteiger partial charge in [0.05, 0.1) is 30.6 Å². The van der Waals surface area contributed by atoms with Crippen molar-refractivity contribution >= 4 is 15.9 Å². The molecule has 8 nitrogen and oxygen atoms in total. The first-order valence-electron chi connectivity index (χ1n) is 10.5. The van der Waals surface area contributed by atoms with Gasteiger partial charge in [0, 0.05) is 44.5 Å². The monoisotopic (exact) mass is 435 g/mol. The largest absolute Gasteiger partial charge is 0.381 e. The molecule has 0 unspecified atom stereocenters. The summed E-state index contributed by atoms with van der Waals surface area (Å²) in [7, 11) is -3.72. The molecule has 2 fully saturated rings. The molecule has 0 aromatic heterocycles. The highest BCUT2D eigenvalue weighted by atomic mass is 32.2. The number of benzene rings is 1. The number of nitriles is 1. The molecule has 1 amide bonds. The van der Waals surface area contributed by atoms with E-state index in [1.54, 1.807) is 17.0 Å². The van der Waals surface area contributed by atoms with E-state index in [4.69, 9.17) is 14.7 Å². The number of ether oxygens (including phenoxy) is 2. The predicted octanol–water partition coefficient (Wildman–Crippen LogP) is 1.80. The van der Waals surface area contributed by atoms with Crippen LogP contribution in [0.25, 0.3) is 0 Å². The summed E-state index contributed by atoms with van der Waals surface area (Å²) in [6, 6.07) is 7.02. The molecule has 0 atom stereocenters. The maximum atomic E-state index is 13.4. The van der Waals surface area contributed by atoms with E-state index >= 15 is 0 Å². The number of nitrogens with zero attached hydrogens (tertiary/aromatic N) is 3. The van der Waals surface area contributed by atoms with Crippen LogP contribution in [0.5, 0.6) is 0 Å². The first kappa shape index (κ1) is 22.7. The maximum Gasteiger partial charge on any atom is 0.254 e. The molecular formula is C21H29N3O5S. The van der Waals surface area contributed by atoms with Crippen LogP contribution in [0.15, 0.2) is 23.1 Å². The molecule has 9 heteroatoms. The van der Waals surface area contributed by atoms with E-state index in [2.05, 4.69) is 6.07 Å². The van der Waals surface area contributed by atoms with Crippen molar-refractivity contribution in [1.29, 1.82) is 5.26 Å². The highest BCUT2D eigenvalue weighted by Gasteiger charge is 2.31. The lowest BCUT2D eigenvalue weighted by atomic mass is 10.0. The fourth-order valence-corrected chi connectivity index (χ4v) is 5.66. The smallest absolute Gasteiger partial charge is 0.254 e. The Kier molecular flexibility index (Phi) is 7.83. The fraction of sp³-hybridized carbons (Fsp3) is 0.619. The summed E-state index contributed by atoms with van der Waals surface area (Å²) in [5.41, 5.74) is 1.02. The molecule has 0 saturated carbocycles. The number of hydrogen-bond donors (Lipinski definition) is 0. The quantitative estimate of drug-likeness (QED) is 0.648. The molecule has 0 N–H and O–H groups in total. The maximum absolute atomic E-state index is 13.4. The SMILES string of the molecule is CCc1ccc(C(=O)N(CCC#N)C2CCOCC2)cc1S(=O)(=O)N1CCOCC1. The van der Waals surface area contributed by atoms with E-state index in [1.807, 2.05) is 6.92 Å².